The number of alkyl halides is 3. The molecular weight excluding hydrogens is 301 g/mol. The molecule has 22 heavy (non-hydrogen) atoms. The average molecular weight is 318 g/mol. The van der Waals surface area contributed by atoms with Gasteiger partial charge in [-0.05, 0) is 25.0 Å². The summed E-state index contributed by atoms with van der Waals surface area (Å²) in [6.45, 7) is 1.75. The first-order valence-electron chi connectivity index (χ1n) is 6.88. The second-order valence-electron chi connectivity index (χ2n) is 5.45. The minimum Gasteiger partial charge on any atom is -0.481 e. The van der Waals surface area contributed by atoms with Crippen molar-refractivity contribution in [3.63, 3.8) is 0 Å². The van der Waals surface area contributed by atoms with Crippen molar-refractivity contribution >= 4 is 5.97 Å². The van der Waals surface area contributed by atoms with Gasteiger partial charge in [0, 0.05) is 12.8 Å². The van der Waals surface area contributed by atoms with Crippen molar-refractivity contribution < 1.29 is 32.5 Å². The normalized spacial score (nSPS) is 25.4. The molecule has 2 atom stereocenters. The average Bonchev–Trinajstić information content (AvgIpc) is 2.77. The molecule has 0 amide bonds. The number of ether oxygens (including phenoxy) is 2. The molecule has 0 saturated carbocycles. The maximum Gasteiger partial charge on any atom is 0.416 e. The summed E-state index contributed by atoms with van der Waals surface area (Å²) in [6.07, 6.45) is -4.70. The van der Waals surface area contributed by atoms with Crippen LogP contribution in [0.2, 0.25) is 0 Å². The molecule has 1 heterocycles. The number of hydrogen-bond donors (Lipinski definition) is 1. The van der Waals surface area contributed by atoms with Gasteiger partial charge in [0.1, 0.15) is 0 Å². The molecule has 1 aromatic carbocycles. The number of aliphatic carboxylic acids is 1. The Morgan fingerprint density at radius 2 is 2.09 bits per heavy atom. The minimum atomic E-state index is -4.44. The van der Waals surface area contributed by atoms with Gasteiger partial charge in [-0.25, -0.2) is 0 Å². The standard InChI is InChI=1S/C15H17F3O4/c1-14(21-9-11(22-14)6-7-13(19)20)8-10-4-2-3-5-12(10)15(16,17)18/h2-5,11H,6-9H2,1H3,(H,19,20). The first kappa shape index (κ1) is 16.8. The number of benzene rings is 1. The number of carbonyl (C=O) groups is 1. The monoisotopic (exact) mass is 318 g/mol. The molecule has 4 nitrogen and oxygen atoms in total. The Balaban J connectivity index is 2.07. The minimum absolute atomic E-state index is 0.0494. The first-order valence-corrected chi connectivity index (χ1v) is 6.88. The molecule has 0 aromatic heterocycles. The lowest BCUT2D eigenvalue weighted by Crippen LogP contribution is -2.30. The lowest BCUT2D eigenvalue weighted by Gasteiger charge is -2.25. The van der Waals surface area contributed by atoms with E-state index in [1.807, 2.05) is 0 Å². The highest BCUT2D eigenvalue weighted by atomic mass is 19.4. The van der Waals surface area contributed by atoms with Crippen molar-refractivity contribution in [2.75, 3.05) is 6.61 Å². The van der Waals surface area contributed by atoms with Gasteiger partial charge in [0.05, 0.1) is 18.3 Å². The quantitative estimate of drug-likeness (QED) is 0.905. The summed E-state index contributed by atoms with van der Waals surface area (Å²) in [5.74, 6) is -2.12. The molecule has 1 aliphatic rings. The van der Waals surface area contributed by atoms with E-state index in [1.54, 1.807) is 6.92 Å². The third-order valence-electron chi connectivity index (χ3n) is 3.51. The molecule has 0 bridgehead atoms. The highest BCUT2D eigenvalue weighted by molar-refractivity contribution is 5.66. The Labute approximate surface area is 125 Å². The molecule has 2 unspecified atom stereocenters. The fourth-order valence-corrected chi connectivity index (χ4v) is 2.51. The van der Waals surface area contributed by atoms with Crippen LogP contribution in [0.4, 0.5) is 13.2 Å². The van der Waals surface area contributed by atoms with E-state index >= 15 is 0 Å². The Kier molecular flexibility index (Phi) is 4.77. The van der Waals surface area contributed by atoms with Crippen LogP contribution < -0.4 is 0 Å². The summed E-state index contributed by atoms with van der Waals surface area (Å²) in [5, 5.41) is 8.64. The van der Waals surface area contributed by atoms with Crippen LogP contribution in [0, 0.1) is 0 Å². The van der Waals surface area contributed by atoms with Crippen LogP contribution in [0.15, 0.2) is 24.3 Å². The first-order chi connectivity index (χ1) is 10.2. The van der Waals surface area contributed by atoms with E-state index in [-0.39, 0.29) is 31.4 Å². The van der Waals surface area contributed by atoms with Crippen molar-refractivity contribution in [2.24, 2.45) is 0 Å². The number of halogens is 3. The molecule has 1 saturated heterocycles. The fraction of sp³-hybridized carbons (Fsp3) is 0.533. The van der Waals surface area contributed by atoms with Crippen molar-refractivity contribution in [1.29, 1.82) is 0 Å². The molecule has 1 aromatic rings. The molecule has 2 rings (SSSR count). The molecule has 1 N–H and O–H groups in total. The zero-order valence-electron chi connectivity index (χ0n) is 12.0. The van der Waals surface area contributed by atoms with E-state index in [4.69, 9.17) is 14.6 Å². The van der Waals surface area contributed by atoms with E-state index in [2.05, 4.69) is 0 Å². The van der Waals surface area contributed by atoms with Crippen LogP contribution in [-0.4, -0.2) is 29.6 Å². The van der Waals surface area contributed by atoms with Gasteiger partial charge >= 0.3 is 12.1 Å². The molecular formula is C15H17F3O4. The Bertz CT molecular complexity index is 544. The lowest BCUT2D eigenvalue weighted by atomic mass is 10.00. The summed E-state index contributed by atoms with van der Waals surface area (Å²) >= 11 is 0. The Morgan fingerprint density at radius 1 is 1.41 bits per heavy atom. The number of hydrogen-bond acceptors (Lipinski definition) is 3. The van der Waals surface area contributed by atoms with Gasteiger partial charge < -0.3 is 14.6 Å². The molecule has 1 fully saturated rings. The van der Waals surface area contributed by atoms with Gasteiger partial charge in [0.25, 0.3) is 0 Å². The van der Waals surface area contributed by atoms with E-state index in [0.29, 0.717) is 0 Å². The van der Waals surface area contributed by atoms with Crippen LogP contribution in [0.5, 0.6) is 0 Å². The van der Waals surface area contributed by atoms with Crippen molar-refractivity contribution in [2.45, 2.75) is 44.3 Å². The number of rotatable bonds is 5. The van der Waals surface area contributed by atoms with Crippen LogP contribution >= 0.6 is 0 Å². The zero-order valence-corrected chi connectivity index (χ0v) is 12.0. The third-order valence-corrected chi connectivity index (χ3v) is 3.51. The Morgan fingerprint density at radius 3 is 2.73 bits per heavy atom. The van der Waals surface area contributed by atoms with E-state index in [0.717, 1.165) is 6.07 Å². The SMILES string of the molecule is CC1(Cc2ccccc2C(F)(F)F)OCC(CCC(=O)O)O1. The van der Waals surface area contributed by atoms with Crippen LogP contribution in [0.3, 0.4) is 0 Å². The van der Waals surface area contributed by atoms with Gasteiger partial charge in [-0.1, -0.05) is 18.2 Å². The van der Waals surface area contributed by atoms with Gasteiger partial charge in [-0.3, -0.25) is 4.79 Å². The predicted molar refractivity (Wildman–Crippen MR) is 71.2 cm³/mol. The van der Waals surface area contributed by atoms with Gasteiger partial charge in [-0.15, -0.1) is 0 Å². The number of carboxylic acids is 1. The third kappa shape index (κ3) is 4.20. The molecule has 1 aliphatic heterocycles. The summed E-state index contributed by atoms with van der Waals surface area (Å²) in [5.41, 5.74) is -0.617. The smallest absolute Gasteiger partial charge is 0.416 e. The van der Waals surface area contributed by atoms with Gasteiger partial charge in [-0.2, -0.15) is 13.2 Å². The molecule has 7 heteroatoms. The highest BCUT2D eigenvalue weighted by Crippen LogP contribution is 2.36. The fourth-order valence-electron chi connectivity index (χ4n) is 2.51. The van der Waals surface area contributed by atoms with Crippen LogP contribution in [0.25, 0.3) is 0 Å². The maximum atomic E-state index is 13.0. The van der Waals surface area contributed by atoms with E-state index < -0.39 is 29.6 Å². The highest BCUT2D eigenvalue weighted by Gasteiger charge is 2.40. The van der Waals surface area contributed by atoms with Gasteiger partial charge in [0.2, 0.25) is 0 Å². The topological polar surface area (TPSA) is 55.8 Å². The van der Waals surface area contributed by atoms with Crippen molar-refractivity contribution in [1.82, 2.24) is 0 Å². The molecule has 122 valence electrons. The van der Waals surface area contributed by atoms with E-state index in [1.165, 1.54) is 18.2 Å². The summed E-state index contributed by atoms with van der Waals surface area (Å²) in [4.78, 5) is 10.5. The largest absolute Gasteiger partial charge is 0.481 e. The second kappa shape index (κ2) is 6.26. The molecule has 0 aliphatic carbocycles. The van der Waals surface area contributed by atoms with Crippen LogP contribution in [-0.2, 0) is 26.9 Å². The van der Waals surface area contributed by atoms with Crippen molar-refractivity contribution in [3.8, 4) is 0 Å². The summed E-state index contributed by atoms with van der Waals surface area (Å²) in [7, 11) is 0. The lowest BCUT2D eigenvalue weighted by molar-refractivity contribution is -0.158. The predicted octanol–water partition coefficient (Wildman–Crippen LogP) is 3.24. The van der Waals surface area contributed by atoms with Crippen molar-refractivity contribution in [3.05, 3.63) is 35.4 Å². The Hall–Kier alpha value is -1.60. The maximum absolute atomic E-state index is 13.0. The molecule has 0 spiro atoms. The summed E-state index contributed by atoms with van der Waals surface area (Å²) in [6, 6.07) is 5.28. The van der Waals surface area contributed by atoms with Crippen LogP contribution in [0.1, 0.15) is 30.9 Å². The number of carboxylic acid groups (broad SMARTS) is 1. The van der Waals surface area contributed by atoms with Gasteiger partial charge in [0.15, 0.2) is 5.79 Å². The summed E-state index contributed by atoms with van der Waals surface area (Å²) < 4.78 is 50.1. The molecule has 0 radical (unpaired) electrons. The zero-order chi connectivity index (χ0) is 16.4. The second-order valence-corrected chi connectivity index (χ2v) is 5.45. The van der Waals surface area contributed by atoms with E-state index in [9.17, 15) is 18.0 Å².